The minimum atomic E-state index is -0.364. The highest BCUT2D eigenvalue weighted by Gasteiger charge is 2.16. The lowest BCUT2D eigenvalue weighted by Crippen LogP contribution is -3.09. The van der Waals surface area contributed by atoms with Gasteiger partial charge in [-0.2, -0.15) is 0 Å². The van der Waals surface area contributed by atoms with E-state index in [4.69, 9.17) is 4.42 Å². The third-order valence-corrected chi connectivity index (χ3v) is 4.12. The molecule has 130 valence electrons. The number of fused-ring (bicyclic) bond motifs is 3. The van der Waals surface area contributed by atoms with Crippen LogP contribution in [0.2, 0.25) is 0 Å². The minimum absolute atomic E-state index is 0.00429. The SMILES string of the molecule is CC(C)NC(=O)C[NH+](C)Cc1cc(=O)oc2ccc3ccccc3c12. The van der Waals surface area contributed by atoms with Gasteiger partial charge in [-0.05, 0) is 30.7 Å². The Hall–Kier alpha value is -2.66. The molecule has 0 aliphatic carbocycles. The summed E-state index contributed by atoms with van der Waals surface area (Å²) in [6.45, 7) is 4.80. The molecule has 0 fully saturated rings. The Balaban J connectivity index is 1.99. The van der Waals surface area contributed by atoms with E-state index in [0.717, 1.165) is 26.6 Å². The topological polar surface area (TPSA) is 63.8 Å². The lowest BCUT2D eigenvalue weighted by atomic mass is 10.0. The van der Waals surface area contributed by atoms with Crippen molar-refractivity contribution in [3.63, 3.8) is 0 Å². The van der Waals surface area contributed by atoms with Gasteiger partial charge in [0.05, 0.1) is 7.05 Å². The van der Waals surface area contributed by atoms with E-state index in [0.29, 0.717) is 18.7 Å². The van der Waals surface area contributed by atoms with E-state index >= 15 is 0 Å². The van der Waals surface area contributed by atoms with E-state index in [1.165, 1.54) is 0 Å². The molecule has 0 saturated carbocycles. The van der Waals surface area contributed by atoms with Gasteiger partial charge in [-0.25, -0.2) is 4.79 Å². The maximum absolute atomic E-state index is 12.0. The summed E-state index contributed by atoms with van der Waals surface area (Å²) in [7, 11) is 1.95. The van der Waals surface area contributed by atoms with Crippen molar-refractivity contribution < 1.29 is 14.1 Å². The minimum Gasteiger partial charge on any atom is -0.423 e. The lowest BCUT2D eigenvalue weighted by molar-refractivity contribution is -0.885. The van der Waals surface area contributed by atoms with Gasteiger partial charge in [-0.1, -0.05) is 30.3 Å². The summed E-state index contributed by atoms with van der Waals surface area (Å²) in [5.74, 6) is 0.00429. The monoisotopic (exact) mass is 339 g/mol. The molecule has 1 heterocycles. The van der Waals surface area contributed by atoms with Crippen LogP contribution in [0.4, 0.5) is 0 Å². The number of carbonyl (C=O) groups excluding carboxylic acids is 1. The van der Waals surface area contributed by atoms with Crippen LogP contribution >= 0.6 is 0 Å². The van der Waals surface area contributed by atoms with E-state index < -0.39 is 0 Å². The van der Waals surface area contributed by atoms with Crippen LogP contribution in [-0.2, 0) is 11.3 Å². The molecule has 2 aromatic carbocycles. The molecule has 2 N–H and O–H groups in total. The highest BCUT2D eigenvalue weighted by Crippen LogP contribution is 2.26. The fourth-order valence-corrected chi connectivity index (χ4v) is 3.19. The number of hydrogen-bond acceptors (Lipinski definition) is 3. The molecule has 1 aromatic heterocycles. The van der Waals surface area contributed by atoms with E-state index in [1.54, 1.807) is 6.07 Å². The molecule has 5 heteroatoms. The summed E-state index contributed by atoms with van der Waals surface area (Å²) in [4.78, 5) is 24.9. The smallest absolute Gasteiger partial charge is 0.336 e. The highest BCUT2D eigenvalue weighted by atomic mass is 16.4. The molecule has 0 aliphatic heterocycles. The zero-order chi connectivity index (χ0) is 18.0. The average molecular weight is 339 g/mol. The number of quaternary nitrogens is 1. The van der Waals surface area contributed by atoms with Crippen LogP contribution < -0.4 is 15.8 Å². The highest BCUT2D eigenvalue weighted by molar-refractivity contribution is 6.06. The fourth-order valence-electron chi connectivity index (χ4n) is 3.19. The molecule has 0 aliphatic rings. The molecule has 0 bridgehead atoms. The van der Waals surface area contributed by atoms with Crippen LogP contribution in [0.5, 0.6) is 0 Å². The first kappa shape index (κ1) is 17.2. The number of hydrogen-bond donors (Lipinski definition) is 2. The summed E-state index contributed by atoms with van der Waals surface area (Å²) in [5, 5.41) is 5.99. The second-order valence-electron chi connectivity index (χ2n) is 6.78. The molecule has 25 heavy (non-hydrogen) atoms. The average Bonchev–Trinajstić information content (AvgIpc) is 2.53. The van der Waals surface area contributed by atoms with Crippen molar-refractivity contribution in [2.75, 3.05) is 13.6 Å². The maximum Gasteiger partial charge on any atom is 0.336 e. The quantitative estimate of drug-likeness (QED) is 0.547. The first-order chi connectivity index (χ1) is 11.9. The van der Waals surface area contributed by atoms with Gasteiger partial charge in [0.2, 0.25) is 0 Å². The second kappa shape index (κ2) is 7.07. The Morgan fingerprint density at radius 2 is 1.96 bits per heavy atom. The molecule has 5 nitrogen and oxygen atoms in total. The Morgan fingerprint density at radius 3 is 2.72 bits per heavy atom. The molecule has 1 unspecified atom stereocenters. The molecule has 0 radical (unpaired) electrons. The zero-order valence-electron chi connectivity index (χ0n) is 14.8. The van der Waals surface area contributed by atoms with Crippen molar-refractivity contribution in [1.29, 1.82) is 0 Å². The van der Waals surface area contributed by atoms with Gasteiger partial charge < -0.3 is 14.6 Å². The van der Waals surface area contributed by atoms with Gasteiger partial charge in [0.25, 0.3) is 5.91 Å². The van der Waals surface area contributed by atoms with Crippen LogP contribution in [-0.4, -0.2) is 25.5 Å². The number of benzene rings is 2. The van der Waals surface area contributed by atoms with Crippen molar-refractivity contribution in [1.82, 2.24) is 5.32 Å². The maximum atomic E-state index is 12.0. The van der Waals surface area contributed by atoms with Gasteiger partial charge in [0.15, 0.2) is 6.54 Å². The Bertz CT molecular complexity index is 975. The molecule has 3 aromatic rings. The van der Waals surface area contributed by atoms with Crippen LogP contribution in [0.1, 0.15) is 19.4 Å². The standard InChI is InChI=1S/C20H22N2O3/c1-13(2)21-18(23)12-22(3)11-15-10-19(24)25-17-9-8-14-6-4-5-7-16(14)20(15)17/h4-10,13H,11-12H2,1-3H3,(H,21,23)/p+1. The number of carbonyl (C=O) groups is 1. The molecule has 1 amide bonds. The van der Waals surface area contributed by atoms with Gasteiger partial charge in [-0.3, -0.25) is 4.79 Å². The van der Waals surface area contributed by atoms with Crippen molar-refractivity contribution in [2.24, 2.45) is 0 Å². The molecule has 1 atom stereocenters. The third-order valence-electron chi connectivity index (χ3n) is 4.12. The van der Waals surface area contributed by atoms with Crippen molar-refractivity contribution in [3.8, 4) is 0 Å². The molecule has 0 spiro atoms. The van der Waals surface area contributed by atoms with Crippen molar-refractivity contribution >= 4 is 27.6 Å². The Morgan fingerprint density at radius 1 is 1.20 bits per heavy atom. The summed E-state index contributed by atoms with van der Waals surface area (Å²) < 4.78 is 5.38. The molecule has 0 saturated heterocycles. The number of likely N-dealkylation sites (N-methyl/N-ethyl adjacent to an activating group) is 1. The first-order valence-corrected chi connectivity index (χ1v) is 8.49. The fraction of sp³-hybridized carbons (Fsp3) is 0.300. The lowest BCUT2D eigenvalue weighted by Gasteiger charge is -2.16. The third kappa shape index (κ3) is 3.88. The van der Waals surface area contributed by atoms with Crippen LogP contribution in [0.3, 0.4) is 0 Å². The largest absolute Gasteiger partial charge is 0.423 e. The number of nitrogens with one attached hydrogen (secondary N) is 2. The summed E-state index contributed by atoms with van der Waals surface area (Å²) in [6, 6.07) is 13.5. The Labute approximate surface area is 146 Å². The molecular formula is C20H23N2O3+. The van der Waals surface area contributed by atoms with Gasteiger partial charge in [0.1, 0.15) is 12.1 Å². The predicted octanol–water partition coefficient (Wildman–Crippen LogP) is 1.49. The second-order valence-corrected chi connectivity index (χ2v) is 6.78. The van der Waals surface area contributed by atoms with Gasteiger partial charge >= 0.3 is 5.63 Å². The van der Waals surface area contributed by atoms with E-state index in [2.05, 4.69) is 5.32 Å². The van der Waals surface area contributed by atoms with Crippen LogP contribution in [0.15, 0.2) is 51.7 Å². The number of rotatable bonds is 5. The van der Waals surface area contributed by atoms with Crippen LogP contribution in [0, 0.1) is 0 Å². The normalized spacial score (nSPS) is 12.6. The molecular weight excluding hydrogens is 316 g/mol. The first-order valence-electron chi connectivity index (χ1n) is 8.49. The Kier molecular flexibility index (Phi) is 4.86. The zero-order valence-corrected chi connectivity index (χ0v) is 14.8. The van der Waals surface area contributed by atoms with Crippen molar-refractivity contribution in [2.45, 2.75) is 26.4 Å². The van der Waals surface area contributed by atoms with Crippen molar-refractivity contribution in [3.05, 3.63) is 58.4 Å². The van der Waals surface area contributed by atoms with Gasteiger partial charge in [0, 0.05) is 23.1 Å². The molecule has 3 rings (SSSR count). The number of amides is 1. The van der Waals surface area contributed by atoms with Gasteiger partial charge in [-0.15, -0.1) is 0 Å². The predicted molar refractivity (Wildman–Crippen MR) is 98.7 cm³/mol. The summed E-state index contributed by atoms with van der Waals surface area (Å²) >= 11 is 0. The van der Waals surface area contributed by atoms with E-state index in [1.807, 2.05) is 57.3 Å². The summed E-state index contributed by atoms with van der Waals surface area (Å²) in [6.07, 6.45) is 0. The van der Waals surface area contributed by atoms with Crippen LogP contribution in [0.25, 0.3) is 21.7 Å². The summed E-state index contributed by atoms with van der Waals surface area (Å²) in [5.41, 5.74) is 1.12. The van der Waals surface area contributed by atoms with E-state index in [9.17, 15) is 9.59 Å². The van der Waals surface area contributed by atoms with E-state index in [-0.39, 0.29) is 17.6 Å².